The highest BCUT2D eigenvalue weighted by Gasteiger charge is 2.31. The first kappa shape index (κ1) is 109. The van der Waals surface area contributed by atoms with E-state index in [1.54, 1.807) is 0 Å². The summed E-state index contributed by atoms with van der Waals surface area (Å²) in [6.07, 6.45) is 80.7. The fraction of sp³-hybridized carbons (Fsp3) is 0.957. The Kier molecular flexibility index (Phi) is 83.0. The molecule has 0 aromatic rings. The molecule has 0 rings (SSSR count). The van der Waals surface area contributed by atoms with Crippen LogP contribution in [0.2, 0.25) is 0 Å². The van der Waals surface area contributed by atoms with E-state index in [1.165, 1.54) is 327 Å². The second-order valence-corrected chi connectivity index (χ2v) is 36.2. The summed E-state index contributed by atoms with van der Waals surface area (Å²) < 4.78 is 69.1. The van der Waals surface area contributed by atoms with Gasteiger partial charge >= 0.3 is 39.5 Å². The van der Waals surface area contributed by atoms with Crippen molar-refractivity contribution < 1.29 is 80.2 Å². The van der Waals surface area contributed by atoms with Gasteiger partial charge in [0.25, 0.3) is 0 Å². The summed E-state index contributed by atoms with van der Waals surface area (Å²) in [5.41, 5.74) is 0. The zero-order valence-corrected chi connectivity index (χ0v) is 74.9. The lowest BCUT2D eigenvalue weighted by Crippen LogP contribution is -2.30. The van der Waals surface area contributed by atoms with Gasteiger partial charge in [0.05, 0.1) is 26.4 Å². The Morgan fingerprint density at radius 2 is 0.432 bits per heavy atom. The first-order chi connectivity index (χ1) is 54.1. The van der Waals surface area contributed by atoms with Crippen LogP contribution in [0, 0.1) is 5.92 Å². The lowest BCUT2D eigenvalue weighted by molar-refractivity contribution is -0.161. The molecule has 0 amide bonds. The van der Waals surface area contributed by atoms with Gasteiger partial charge in [0.15, 0.2) is 12.2 Å². The van der Waals surface area contributed by atoms with E-state index < -0.39 is 97.5 Å². The fourth-order valence-corrected chi connectivity index (χ4v) is 16.1. The number of aliphatic hydroxyl groups excluding tert-OH is 1. The molecule has 3 unspecified atom stereocenters. The zero-order valence-electron chi connectivity index (χ0n) is 73.1. The molecule has 111 heavy (non-hydrogen) atoms. The van der Waals surface area contributed by atoms with Crippen LogP contribution in [0.4, 0.5) is 0 Å². The van der Waals surface area contributed by atoms with Crippen LogP contribution in [0.3, 0.4) is 0 Å². The van der Waals surface area contributed by atoms with Crippen molar-refractivity contribution in [2.45, 2.75) is 522 Å². The van der Waals surface area contributed by atoms with Crippen LogP contribution in [0.25, 0.3) is 0 Å². The summed E-state index contributed by atoms with van der Waals surface area (Å²) in [4.78, 5) is 73.5. The van der Waals surface area contributed by atoms with Crippen LogP contribution in [-0.4, -0.2) is 96.7 Å². The van der Waals surface area contributed by atoms with Gasteiger partial charge in [-0.1, -0.05) is 452 Å². The molecule has 0 radical (unpaired) electrons. The number of hydrogen-bond donors (Lipinski definition) is 3. The van der Waals surface area contributed by atoms with Gasteiger partial charge in [-0.2, -0.15) is 0 Å². The molecule has 0 bridgehead atoms. The number of aliphatic hydroxyl groups is 1. The topological polar surface area (TPSA) is 237 Å². The van der Waals surface area contributed by atoms with Gasteiger partial charge in [-0.05, 0) is 31.6 Å². The summed E-state index contributed by atoms with van der Waals surface area (Å²) in [7, 11) is -9.94. The lowest BCUT2D eigenvalue weighted by atomic mass is 9.99. The Hall–Kier alpha value is -1.94. The molecular weight excluding hydrogens is 1440 g/mol. The molecule has 0 saturated heterocycles. The molecule has 0 saturated carbocycles. The highest BCUT2D eigenvalue weighted by Crippen LogP contribution is 2.45. The summed E-state index contributed by atoms with van der Waals surface area (Å²) in [6.45, 7) is 7.41. The van der Waals surface area contributed by atoms with E-state index in [9.17, 15) is 43.2 Å². The molecule has 3 N–H and O–H groups in total. The van der Waals surface area contributed by atoms with Gasteiger partial charge in [0.1, 0.15) is 19.3 Å². The SMILES string of the molecule is CCCCCCCCCCCCCCCCCCCCCCCC(=O)O[C@H](COC(=O)CCCCCCCCCCCCCCCCCCCCC)COP(=O)(O)OC[C@@H](O)COP(=O)(O)OC[C@@H](COC(=O)CCCCCCCCCCC(C)CC)OC(=O)CCCCCCCCCCCCCCCCCCCCC. The summed E-state index contributed by atoms with van der Waals surface area (Å²) in [5, 5.41) is 10.7. The van der Waals surface area contributed by atoms with Gasteiger partial charge in [0.2, 0.25) is 0 Å². The van der Waals surface area contributed by atoms with Crippen molar-refractivity contribution >= 4 is 39.5 Å². The van der Waals surface area contributed by atoms with Gasteiger partial charge in [0, 0.05) is 25.7 Å². The number of carbonyl (C=O) groups is 4. The third-order valence-electron chi connectivity index (χ3n) is 22.1. The second kappa shape index (κ2) is 84.5. The number of esters is 4. The molecule has 0 fully saturated rings. The van der Waals surface area contributed by atoms with Crippen molar-refractivity contribution in [2.24, 2.45) is 5.92 Å². The van der Waals surface area contributed by atoms with Crippen LogP contribution in [0.1, 0.15) is 503 Å². The van der Waals surface area contributed by atoms with Crippen molar-refractivity contribution in [3.63, 3.8) is 0 Å². The van der Waals surface area contributed by atoms with Crippen LogP contribution in [0.5, 0.6) is 0 Å². The molecule has 0 heterocycles. The lowest BCUT2D eigenvalue weighted by Gasteiger charge is -2.21. The first-order valence-corrected chi connectivity index (χ1v) is 50.7. The van der Waals surface area contributed by atoms with Crippen LogP contribution in [-0.2, 0) is 65.4 Å². The number of phosphoric acid groups is 2. The average molecular weight is 1620 g/mol. The van der Waals surface area contributed by atoms with Crippen LogP contribution in [0.15, 0.2) is 0 Å². The maximum absolute atomic E-state index is 13.2. The van der Waals surface area contributed by atoms with E-state index >= 15 is 0 Å². The predicted molar refractivity (Wildman–Crippen MR) is 460 cm³/mol. The second-order valence-electron chi connectivity index (χ2n) is 33.3. The van der Waals surface area contributed by atoms with Crippen molar-refractivity contribution in [2.75, 3.05) is 39.6 Å². The molecule has 0 aromatic carbocycles. The zero-order chi connectivity index (χ0) is 81.1. The predicted octanol–water partition coefficient (Wildman–Crippen LogP) is 28.7. The van der Waals surface area contributed by atoms with Crippen molar-refractivity contribution in [3.05, 3.63) is 0 Å². The molecular formula is C92H180O17P2. The molecule has 19 heteroatoms. The van der Waals surface area contributed by atoms with E-state index in [1.807, 2.05) is 0 Å². The number of carbonyl (C=O) groups excluding carboxylic acids is 4. The Bertz CT molecular complexity index is 2100. The van der Waals surface area contributed by atoms with Crippen LogP contribution < -0.4 is 0 Å². The fourth-order valence-electron chi connectivity index (χ4n) is 14.5. The third-order valence-corrected chi connectivity index (χ3v) is 24.0. The van der Waals surface area contributed by atoms with Crippen molar-refractivity contribution in [3.8, 4) is 0 Å². The Morgan fingerprint density at radius 3 is 0.640 bits per heavy atom. The van der Waals surface area contributed by atoms with Gasteiger partial charge in [-0.3, -0.25) is 37.3 Å². The molecule has 660 valence electrons. The monoisotopic (exact) mass is 1620 g/mol. The van der Waals surface area contributed by atoms with Crippen LogP contribution >= 0.6 is 15.6 Å². The largest absolute Gasteiger partial charge is 0.472 e. The Morgan fingerprint density at radius 1 is 0.252 bits per heavy atom. The molecule has 0 aliphatic rings. The molecule has 0 aliphatic carbocycles. The number of unbranched alkanes of at least 4 members (excludes halogenated alkanes) is 63. The van der Waals surface area contributed by atoms with Crippen molar-refractivity contribution in [1.82, 2.24) is 0 Å². The quantitative estimate of drug-likeness (QED) is 0.0222. The minimum atomic E-state index is -4.97. The Labute approximate surface area is 683 Å². The van der Waals surface area contributed by atoms with Crippen molar-refractivity contribution in [1.29, 1.82) is 0 Å². The number of rotatable bonds is 92. The van der Waals surface area contributed by atoms with E-state index in [-0.39, 0.29) is 25.7 Å². The van der Waals surface area contributed by atoms with E-state index in [0.29, 0.717) is 25.7 Å². The normalized spacial score (nSPS) is 13.9. The Balaban J connectivity index is 5.25. The summed E-state index contributed by atoms with van der Waals surface area (Å²) in [5.74, 6) is -1.32. The van der Waals surface area contributed by atoms with E-state index in [4.69, 9.17) is 37.0 Å². The molecule has 0 aliphatic heterocycles. The highest BCUT2D eigenvalue weighted by molar-refractivity contribution is 7.47. The van der Waals surface area contributed by atoms with E-state index in [2.05, 4.69) is 34.6 Å². The van der Waals surface area contributed by atoms with Gasteiger partial charge in [-0.25, -0.2) is 9.13 Å². The molecule has 0 spiro atoms. The minimum Gasteiger partial charge on any atom is -0.462 e. The minimum absolute atomic E-state index is 0.109. The molecule has 6 atom stereocenters. The standard InChI is InChI=1S/C92H180O17P2/c1-6-10-13-16-19-22-25-28-31-34-37-38-41-44-47-50-53-56-63-68-72-77-91(96)108-87(81-102-89(94)75-70-65-60-54-51-48-45-42-39-35-32-29-26-23-20-17-14-11-7-2)83-106-110(98,99)104-79-86(93)80-105-111(100,101)107-84-88(82-103-90(95)76-71-66-61-58-57-59-64-69-74-85(5)9-4)109-92(97)78-73-67-62-55-52-49-46-43-40-36-33-30-27-24-21-18-15-12-8-3/h85-88,93H,6-84H2,1-5H3,(H,98,99)(H,100,101)/t85?,86-,87-,88-/m1/s1. The third kappa shape index (κ3) is 84.3. The first-order valence-electron chi connectivity index (χ1n) is 47.7. The van der Waals surface area contributed by atoms with Gasteiger partial charge < -0.3 is 33.8 Å². The van der Waals surface area contributed by atoms with Gasteiger partial charge in [-0.15, -0.1) is 0 Å². The van der Waals surface area contributed by atoms with E-state index in [0.717, 1.165) is 95.8 Å². The smallest absolute Gasteiger partial charge is 0.462 e. The molecule has 17 nitrogen and oxygen atoms in total. The number of phosphoric ester groups is 2. The average Bonchev–Trinajstić information content (AvgIpc) is 0.898. The summed E-state index contributed by atoms with van der Waals surface area (Å²) in [6, 6.07) is 0. The number of hydrogen-bond acceptors (Lipinski definition) is 15. The summed E-state index contributed by atoms with van der Waals surface area (Å²) >= 11 is 0. The molecule has 0 aromatic heterocycles. The maximum Gasteiger partial charge on any atom is 0.472 e. The highest BCUT2D eigenvalue weighted by atomic mass is 31.2. The maximum atomic E-state index is 13.2. The number of ether oxygens (including phenoxy) is 4.